The van der Waals surface area contributed by atoms with E-state index in [0.29, 0.717) is 0 Å². The van der Waals surface area contributed by atoms with Crippen LogP contribution in [-0.4, -0.2) is 46.9 Å². The van der Waals surface area contributed by atoms with E-state index in [9.17, 15) is 27.2 Å². The van der Waals surface area contributed by atoms with E-state index in [1.165, 1.54) is 37.0 Å². The maximum atomic E-state index is 13.5. The second-order valence-corrected chi connectivity index (χ2v) is 8.15. The van der Waals surface area contributed by atoms with Crippen LogP contribution in [0, 0.1) is 5.82 Å². The van der Waals surface area contributed by atoms with Crippen molar-refractivity contribution in [3.8, 4) is 11.4 Å². The highest BCUT2D eigenvalue weighted by molar-refractivity contribution is 6.30. The van der Waals surface area contributed by atoms with Gasteiger partial charge in [0.1, 0.15) is 17.1 Å². The third-order valence-electron chi connectivity index (χ3n) is 5.03. The number of anilines is 2. The molecule has 4 heterocycles. The fourth-order valence-corrected chi connectivity index (χ4v) is 3.40. The number of amides is 2. The predicted octanol–water partition coefficient (Wildman–Crippen LogP) is 4.44. The molecule has 0 bridgehead atoms. The van der Waals surface area contributed by atoms with Crippen molar-refractivity contribution < 1.29 is 31.9 Å². The Kier molecular flexibility index (Phi) is 7.66. The van der Waals surface area contributed by atoms with Gasteiger partial charge in [-0.25, -0.2) is 28.8 Å². The molecule has 0 saturated carbocycles. The van der Waals surface area contributed by atoms with Crippen LogP contribution in [0.15, 0.2) is 43.0 Å². The van der Waals surface area contributed by atoms with Gasteiger partial charge in [-0.3, -0.25) is 15.1 Å². The van der Waals surface area contributed by atoms with Crippen LogP contribution in [0.2, 0.25) is 5.15 Å². The zero-order valence-electron chi connectivity index (χ0n) is 19.9. The van der Waals surface area contributed by atoms with Crippen LogP contribution >= 0.6 is 11.6 Å². The van der Waals surface area contributed by atoms with Crippen LogP contribution in [0.1, 0.15) is 34.8 Å². The Morgan fingerprint density at radius 1 is 1.05 bits per heavy atom. The maximum Gasteiger partial charge on any atom is 0.451 e. The molecule has 4 aromatic heterocycles. The lowest BCUT2D eigenvalue weighted by Gasteiger charge is -2.15. The Hall–Kier alpha value is -4.73. The zero-order chi connectivity index (χ0) is 28.3. The van der Waals surface area contributed by atoms with Gasteiger partial charge in [0.15, 0.2) is 11.5 Å². The molecule has 202 valence electrons. The highest BCUT2D eigenvalue weighted by Crippen LogP contribution is 2.28. The standard InChI is InChI=1S/C22H16ClF4N9O3/c1-10(14-5-12(24)8-29-17(14)23)39-21(38)33-18-16(34-35-36(18)2)15-4-3-13(9-28-15)32-19(37)11-6-30-20(31-7-11)22(25,26)27/h3-10H,1-2H3,(H,32,37)(H,33,38)/t10-/m1/s1. The number of hydrogen-bond acceptors (Lipinski definition) is 9. The molecule has 4 aromatic rings. The number of aromatic nitrogens is 7. The fraction of sp³-hybridized carbons (Fsp3) is 0.182. The smallest absolute Gasteiger partial charge is 0.441 e. The molecule has 0 unspecified atom stereocenters. The molecule has 0 saturated heterocycles. The van der Waals surface area contributed by atoms with Crippen LogP contribution in [0.5, 0.6) is 0 Å². The summed E-state index contributed by atoms with van der Waals surface area (Å²) in [5.74, 6) is -2.67. The van der Waals surface area contributed by atoms with E-state index in [1.807, 2.05) is 0 Å². The van der Waals surface area contributed by atoms with Crippen molar-refractivity contribution in [2.24, 2.45) is 7.05 Å². The van der Waals surface area contributed by atoms with Gasteiger partial charge in [0.2, 0.25) is 5.82 Å². The van der Waals surface area contributed by atoms with Gasteiger partial charge in [-0.05, 0) is 25.1 Å². The number of rotatable bonds is 6. The third kappa shape index (κ3) is 6.40. The first-order chi connectivity index (χ1) is 18.4. The lowest BCUT2D eigenvalue weighted by Crippen LogP contribution is -2.19. The predicted molar refractivity (Wildman–Crippen MR) is 127 cm³/mol. The fourth-order valence-electron chi connectivity index (χ4n) is 3.15. The molecular formula is C22H16ClF4N9O3. The quantitative estimate of drug-likeness (QED) is 0.255. The molecule has 2 N–H and O–H groups in total. The average Bonchev–Trinajstić information content (AvgIpc) is 3.25. The Balaban J connectivity index is 1.43. The lowest BCUT2D eigenvalue weighted by atomic mass is 10.2. The van der Waals surface area contributed by atoms with E-state index in [-0.39, 0.29) is 39.2 Å². The molecule has 17 heteroatoms. The van der Waals surface area contributed by atoms with Crippen molar-refractivity contribution in [2.75, 3.05) is 10.6 Å². The number of aryl methyl sites for hydroxylation is 1. The molecule has 0 aliphatic rings. The minimum absolute atomic E-state index is 0.0261. The number of nitrogens with one attached hydrogen (secondary N) is 2. The number of nitrogens with zero attached hydrogens (tertiary/aromatic N) is 7. The summed E-state index contributed by atoms with van der Waals surface area (Å²) >= 11 is 5.95. The number of carbonyl (C=O) groups excluding carboxylic acids is 2. The monoisotopic (exact) mass is 565 g/mol. The van der Waals surface area contributed by atoms with Crippen molar-refractivity contribution in [1.82, 2.24) is 34.9 Å². The number of alkyl halides is 3. The average molecular weight is 566 g/mol. The minimum atomic E-state index is -4.73. The highest BCUT2D eigenvalue weighted by atomic mass is 35.5. The maximum absolute atomic E-state index is 13.5. The Bertz CT molecular complexity index is 1510. The molecule has 12 nitrogen and oxygen atoms in total. The van der Waals surface area contributed by atoms with Gasteiger partial charge in [0, 0.05) is 25.0 Å². The lowest BCUT2D eigenvalue weighted by molar-refractivity contribution is -0.145. The number of ether oxygens (including phenoxy) is 1. The van der Waals surface area contributed by atoms with E-state index in [4.69, 9.17) is 16.3 Å². The third-order valence-corrected chi connectivity index (χ3v) is 5.35. The van der Waals surface area contributed by atoms with E-state index < -0.39 is 35.9 Å². The first kappa shape index (κ1) is 27.3. The van der Waals surface area contributed by atoms with Crippen LogP contribution in [-0.2, 0) is 18.0 Å². The summed E-state index contributed by atoms with van der Waals surface area (Å²) in [6.07, 6.45) is -2.90. The zero-order valence-corrected chi connectivity index (χ0v) is 20.6. The molecular weight excluding hydrogens is 550 g/mol. The molecule has 0 spiro atoms. The van der Waals surface area contributed by atoms with Crippen LogP contribution in [0.25, 0.3) is 11.4 Å². The van der Waals surface area contributed by atoms with Gasteiger partial charge in [-0.1, -0.05) is 16.8 Å². The van der Waals surface area contributed by atoms with Gasteiger partial charge in [0.05, 0.1) is 29.3 Å². The van der Waals surface area contributed by atoms with Crippen molar-refractivity contribution >= 4 is 35.1 Å². The van der Waals surface area contributed by atoms with Crippen molar-refractivity contribution in [3.05, 3.63) is 70.9 Å². The normalized spacial score (nSPS) is 12.1. The number of hydrogen-bond donors (Lipinski definition) is 2. The second kappa shape index (κ2) is 10.9. The number of pyridine rings is 2. The van der Waals surface area contributed by atoms with Gasteiger partial charge in [-0.2, -0.15) is 13.2 Å². The molecule has 0 aliphatic heterocycles. The van der Waals surface area contributed by atoms with Crippen molar-refractivity contribution in [3.63, 3.8) is 0 Å². The molecule has 0 fully saturated rings. The van der Waals surface area contributed by atoms with Crippen molar-refractivity contribution in [1.29, 1.82) is 0 Å². The van der Waals surface area contributed by atoms with Gasteiger partial charge >= 0.3 is 12.3 Å². The summed E-state index contributed by atoms with van der Waals surface area (Å²) in [6, 6.07) is 4.00. The molecule has 0 aliphatic carbocycles. The molecule has 0 aromatic carbocycles. The van der Waals surface area contributed by atoms with Crippen LogP contribution in [0.3, 0.4) is 0 Å². The summed E-state index contributed by atoms with van der Waals surface area (Å²) in [6.45, 7) is 1.48. The summed E-state index contributed by atoms with van der Waals surface area (Å²) in [4.78, 5) is 39.0. The molecule has 4 rings (SSSR count). The molecule has 0 radical (unpaired) electrons. The molecule has 39 heavy (non-hydrogen) atoms. The summed E-state index contributed by atoms with van der Waals surface area (Å²) in [7, 11) is 1.50. The number of carbonyl (C=O) groups is 2. The SMILES string of the molecule is C[C@@H](OC(=O)Nc1c(-c2ccc(NC(=O)c3cnc(C(F)(F)F)nc3)cn2)nnn1C)c1cc(F)cnc1Cl. The van der Waals surface area contributed by atoms with E-state index in [0.717, 1.165) is 24.7 Å². The number of halogens is 5. The summed E-state index contributed by atoms with van der Waals surface area (Å²) in [5, 5.41) is 12.7. The van der Waals surface area contributed by atoms with E-state index >= 15 is 0 Å². The van der Waals surface area contributed by atoms with Gasteiger partial charge < -0.3 is 10.1 Å². The summed E-state index contributed by atoms with van der Waals surface area (Å²) in [5.41, 5.74) is 0.574. The first-order valence-electron chi connectivity index (χ1n) is 10.8. The minimum Gasteiger partial charge on any atom is -0.441 e. The van der Waals surface area contributed by atoms with E-state index in [1.54, 1.807) is 0 Å². The van der Waals surface area contributed by atoms with E-state index in [2.05, 4.69) is 40.9 Å². The largest absolute Gasteiger partial charge is 0.451 e. The van der Waals surface area contributed by atoms with Crippen molar-refractivity contribution in [2.45, 2.75) is 19.2 Å². The Morgan fingerprint density at radius 2 is 1.77 bits per heavy atom. The van der Waals surface area contributed by atoms with Crippen LogP contribution in [0.4, 0.5) is 33.9 Å². The summed E-state index contributed by atoms with van der Waals surface area (Å²) < 4.78 is 57.8. The Morgan fingerprint density at radius 3 is 2.41 bits per heavy atom. The highest BCUT2D eigenvalue weighted by Gasteiger charge is 2.34. The van der Waals surface area contributed by atoms with Gasteiger partial charge in [0.25, 0.3) is 5.91 Å². The molecule has 1 atom stereocenters. The first-order valence-corrected chi connectivity index (χ1v) is 11.2. The molecule has 2 amide bonds. The van der Waals surface area contributed by atoms with Crippen LogP contribution < -0.4 is 10.6 Å². The second-order valence-electron chi connectivity index (χ2n) is 7.80. The topological polar surface area (TPSA) is 150 Å². The van der Waals surface area contributed by atoms with Gasteiger partial charge in [-0.15, -0.1) is 5.10 Å². The Labute approximate surface area is 221 Å².